The predicted octanol–water partition coefficient (Wildman–Crippen LogP) is 3.59. The van der Waals surface area contributed by atoms with Crippen LogP contribution >= 0.6 is 0 Å². The molecular formula is C16H33N3. The van der Waals surface area contributed by atoms with Crippen LogP contribution in [0, 0.1) is 11.8 Å². The van der Waals surface area contributed by atoms with E-state index in [1.54, 1.807) is 0 Å². The Morgan fingerprint density at radius 1 is 0.789 bits per heavy atom. The van der Waals surface area contributed by atoms with Gasteiger partial charge < -0.3 is 5.32 Å². The Labute approximate surface area is 120 Å². The molecule has 1 N–H and O–H groups in total. The van der Waals surface area contributed by atoms with Crippen LogP contribution < -0.4 is 5.32 Å². The monoisotopic (exact) mass is 267 g/mol. The Balaban J connectivity index is 3.55. The van der Waals surface area contributed by atoms with E-state index in [2.05, 4.69) is 56.8 Å². The number of hydrogen-bond acceptors (Lipinski definition) is 3. The van der Waals surface area contributed by atoms with E-state index in [1.165, 1.54) is 11.4 Å². The van der Waals surface area contributed by atoms with Gasteiger partial charge in [-0.05, 0) is 38.5 Å². The van der Waals surface area contributed by atoms with Gasteiger partial charge in [0.2, 0.25) is 0 Å². The average molecular weight is 267 g/mol. The zero-order valence-corrected chi connectivity index (χ0v) is 13.8. The summed E-state index contributed by atoms with van der Waals surface area (Å²) in [5.41, 5.74) is 2.53. The average Bonchev–Trinajstić information content (AvgIpc) is 2.25. The lowest BCUT2D eigenvalue weighted by Crippen LogP contribution is -2.21. The summed E-state index contributed by atoms with van der Waals surface area (Å²) in [6.07, 6.45) is 2.22. The molecule has 0 heterocycles. The van der Waals surface area contributed by atoms with Crippen LogP contribution in [-0.2, 0) is 0 Å². The molecule has 0 aromatic rings. The Morgan fingerprint density at radius 2 is 1.16 bits per heavy atom. The van der Waals surface area contributed by atoms with Gasteiger partial charge in [0.15, 0.2) is 0 Å². The first-order chi connectivity index (χ1) is 8.91. The molecule has 0 saturated carbocycles. The fourth-order valence-corrected chi connectivity index (χ4v) is 2.09. The second-order valence-corrected chi connectivity index (χ2v) is 6.18. The van der Waals surface area contributed by atoms with Gasteiger partial charge in [0, 0.05) is 24.5 Å². The van der Waals surface area contributed by atoms with Crippen molar-refractivity contribution in [2.75, 3.05) is 26.2 Å². The van der Waals surface area contributed by atoms with E-state index in [-0.39, 0.29) is 0 Å². The van der Waals surface area contributed by atoms with Crippen molar-refractivity contribution in [3.63, 3.8) is 0 Å². The lowest BCUT2D eigenvalue weighted by Gasteiger charge is -2.06. The second kappa shape index (κ2) is 11.2. The molecule has 0 bridgehead atoms. The van der Waals surface area contributed by atoms with Crippen molar-refractivity contribution in [2.24, 2.45) is 21.8 Å². The Morgan fingerprint density at radius 3 is 1.47 bits per heavy atom. The first-order valence-electron chi connectivity index (χ1n) is 7.62. The van der Waals surface area contributed by atoms with Gasteiger partial charge in [-0.2, -0.15) is 0 Å². The zero-order chi connectivity index (χ0) is 14.7. The molecule has 112 valence electrons. The van der Waals surface area contributed by atoms with E-state index in [4.69, 9.17) is 0 Å². The number of rotatable bonds is 10. The maximum Gasteiger partial charge on any atom is 0.0513 e. The van der Waals surface area contributed by atoms with E-state index >= 15 is 0 Å². The van der Waals surface area contributed by atoms with E-state index in [0.29, 0.717) is 11.8 Å². The molecule has 0 amide bonds. The van der Waals surface area contributed by atoms with Gasteiger partial charge in [0.1, 0.15) is 0 Å². The zero-order valence-electron chi connectivity index (χ0n) is 13.8. The molecule has 0 aliphatic heterocycles. The summed E-state index contributed by atoms with van der Waals surface area (Å²) in [4.78, 5) is 9.11. The second-order valence-electron chi connectivity index (χ2n) is 6.18. The minimum absolute atomic E-state index is 0.704. The van der Waals surface area contributed by atoms with Crippen molar-refractivity contribution in [3.8, 4) is 0 Å². The topological polar surface area (TPSA) is 36.8 Å². The standard InChI is InChI=1S/C16H33N3/c1-13(2)11-15(5)18-9-7-17-8-10-19-16(6)12-14(3)4/h13-14,17H,7-12H2,1-6H3/b18-15+,19-16+. The molecule has 0 aliphatic carbocycles. The molecular weight excluding hydrogens is 234 g/mol. The summed E-state index contributed by atoms with van der Waals surface area (Å²) in [5.74, 6) is 1.41. The van der Waals surface area contributed by atoms with Crippen molar-refractivity contribution < 1.29 is 0 Å². The highest BCUT2D eigenvalue weighted by molar-refractivity contribution is 5.82. The first kappa shape index (κ1) is 18.3. The number of nitrogens with one attached hydrogen (secondary N) is 1. The molecule has 0 unspecified atom stereocenters. The van der Waals surface area contributed by atoms with E-state index < -0.39 is 0 Å². The lowest BCUT2D eigenvalue weighted by atomic mass is 10.1. The third-order valence-corrected chi connectivity index (χ3v) is 2.75. The molecule has 0 aromatic carbocycles. The van der Waals surface area contributed by atoms with Gasteiger partial charge >= 0.3 is 0 Å². The molecule has 0 fully saturated rings. The Hall–Kier alpha value is -0.700. The maximum absolute atomic E-state index is 4.55. The van der Waals surface area contributed by atoms with Crippen LogP contribution in [0.25, 0.3) is 0 Å². The van der Waals surface area contributed by atoms with E-state index in [1.807, 2.05) is 0 Å². The van der Waals surface area contributed by atoms with Gasteiger partial charge in [-0.1, -0.05) is 27.7 Å². The van der Waals surface area contributed by atoms with Crippen molar-refractivity contribution in [1.82, 2.24) is 5.32 Å². The lowest BCUT2D eigenvalue weighted by molar-refractivity contribution is 0.667. The van der Waals surface area contributed by atoms with Crippen LogP contribution in [0.15, 0.2) is 9.98 Å². The Bertz CT molecular complexity index is 250. The number of hydrogen-bond donors (Lipinski definition) is 1. The van der Waals surface area contributed by atoms with Crippen molar-refractivity contribution >= 4 is 11.4 Å². The molecule has 0 spiro atoms. The third kappa shape index (κ3) is 13.5. The summed E-state index contributed by atoms with van der Waals surface area (Å²) in [5, 5.41) is 3.39. The van der Waals surface area contributed by atoms with Gasteiger partial charge in [-0.3, -0.25) is 9.98 Å². The van der Waals surface area contributed by atoms with Crippen molar-refractivity contribution in [2.45, 2.75) is 54.4 Å². The predicted molar refractivity (Wildman–Crippen MR) is 87.7 cm³/mol. The number of aliphatic imine (C=N–C) groups is 2. The van der Waals surface area contributed by atoms with Crippen LogP contribution in [0.3, 0.4) is 0 Å². The highest BCUT2D eigenvalue weighted by atomic mass is 14.9. The molecule has 3 nitrogen and oxygen atoms in total. The van der Waals surface area contributed by atoms with Gasteiger partial charge in [-0.25, -0.2) is 0 Å². The molecule has 0 radical (unpaired) electrons. The van der Waals surface area contributed by atoms with Gasteiger partial charge in [0.05, 0.1) is 13.1 Å². The molecule has 3 heteroatoms. The quantitative estimate of drug-likeness (QED) is 0.476. The molecule has 19 heavy (non-hydrogen) atoms. The molecule has 0 atom stereocenters. The fourth-order valence-electron chi connectivity index (χ4n) is 2.09. The minimum Gasteiger partial charge on any atom is -0.313 e. The van der Waals surface area contributed by atoms with Crippen LogP contribution in [0.2, 0.25) is 0 Å². The largest absolute Gasteiger partial charge is 0.313 e. The van der Waals surface area contributed by atoms with E-state index in [0.717, 1.165) is 39.0 Å². The number of nitrogens with zero attached hydrogens (tertiary/aromatic N) is 2. The van der Waals surface area contributed by atoms with Crippen LogP contribution in [0.1, 0.15) is 54.4 Å². The fraction of sp³-hybridized carbons (Fsp3) is 0.875. The summed E-state index contributed by atoms with van der Waals surface area (Å²) >= 11 is 0. The molecule has 0 saturated heterocycles. The molecule has 0 aromatic heterocycles. The van der Waals surface area contributed by atoms with Crippen LogP contribution in [0.5, 0.6) is 0 Å². The third-order valence-electron chi connectivity index (χ3n) is 2.75. The summed E-state index contributed by atoms with van der Waals surface area (Å²) in [7, 11) is 0. The van der Waals surface area contributed by atoms with E-state index in [9.17, 15) is 0 Å². The van der Waals surface area contributed by atoms with Gasteiger partial charge in [0.25, 0.3) is 0 Å². The summed E-state index contributed by atoms with van der Waals surface area (Å²) < 4.78 is 0. The summed E-state index contributed by atoms with van der Waals surface area (Å²) in [6.45, 7) is 16.8. The van der Waals surface area contributed by atoms with Crippen molar-refractivity contribution in [3.05, 3.63) is 0 Å². The SMILES string of the molecule is C/C(CC(C)C)=N\CCNCC/N=C(\C)CC(C)C. The van der Waals surface area contributed by atoms with Crippen molar-refractivity contribution in [1.29, 1.82) is 0 Å². The molecule has 0 aliphatic rings. The van der Waals surface area contributed by atoms with Crippen LogP contribution in [-0.4, -0.2) is 37.6 Å². The Kier molecular flexibility index (Phi) is 10.7. The smallest absolute Gasteiger partial charge is 0.0513 e. The van der Waals surface area contributed by atoms with Gasteiger partial charge in [-0.15, -0.1) is 0 Å². The highest BCUT2D eigenvalue weighted by Gasteiger charge is 1.97. The normalized spacial score (nSPS) is 13.7. The molecule has 0 rings (SSSR count). The minimum atomic E-state index is 0.704. The van der Waals surface area contributed by atoms with Crippen LogP contribution in [0.4, 0.5) is 0 Å². The highest BCUT2D eigenvalue weighted by Crippen LogP contribution is 2.01. The summed E-state index contributed by atoms with van der Waals surface area (Å²) in [6, 6.07) is 0. The maximum atomic E-state index is 4.55. The first-order valence-corrected chi connectivity index (χ1v) is 7.62.